The van der Waals surface area contributed by atoms with Crippen molar-refractivity contribution in [3.05, 3.63) is 0 Å². The van der Waals surface area contributed by atoms with Crippen LogP contribution in [0.2, 0.25) is 0 Å². The molecule has 2 atom stereocenters. The van der Waals surface area contributed by atoms with E-state index >= 15 is 0 Å². The van der Waals surface area contributed by atoms with Crippen LogP contribution in [0.15, 0.2) is 0 Å². The van der Waals surface area contributed by atoms with Crippen LogP contribution in [-0.4, -0.2) is 42.4 Å². The smallest absolute Gasteiger partial charge is 0.315 e. The largest absolute Gasteiger partial charge is 0.347 e. The summed E-state index contributed by atoms with van der Waals surface area (Å²) in [4.78, 5) is 13.1. The summed E-state index contributed by atoms with van der Waals surface area (Å²) < 4.78 is 24.0. The molecule has 5 heteroatoms. The van der Waals surface area contributed by atoms with Gasteiger partial charge in [-0.05, 0) is 25.8 Å². The van der Waals surface area contributed by atoms with Crippen molar-refractivity contribution in [1.29, 1.82) is 0 Å². The number of hydrogen-bond donors (Lipinski definition) is 1. The van der Waals surface area contributed by atoms with Crippen molar-refractivity contribution in [2.24, 2.45) is 0 Å². The number of fused-ring (bicyclic) bond motifs is 1. The lowest BCUT2D eigenvalue weighted by Crippen LogP contribution is -2.44. The summed E-state index contributed by atoms with van der Waals surface area (Å²) in [5.74, 6) is -1.12. The molecule has 0 aliphatic carbocycles. The molecule has 0 aromatic heterocycles. The maximum absolute atomic E-state index is 12.0. The Morgan fingerprint density at radius 1 is 1.36 bits per heavy atom. The summed E-state index contributed by atoms with van der Waals surface area (Å²) in [7, 11) is 0. The molecule has 2 saturated heterocycles. The fraction of sp³-hybridized carbons (Fsp3) is 0.889. The lowest BCUT2D eigenvalue weighted by atomic mass is 10.1. The third-order valence-electron chi connectivity index (χ3n) is 3.13. The van der Waals surface area contributed by atoms with E-state index in [0.717, 1.165) is 32.4 Å². The van der Waals surface area contributed by atoms with Crippen molar-refractivity contribution in [2.45, 2.75) is 37.8 Å². The summed E-state index contributed by atoms with van der Waals surface area (Å²) in [5, 5.41) is 2.42. The first-order valence-electron chi connectivity index (χ1n) is 5.01. The highest BCUT2D eigenvalue weighted by atomic mass is 19.3. The van der Waals surface area contributed by atoms with E-state index in [1.165, 1.54) is 0 Å². The zero-order valence-electron chi connectivity index (χ0n) is 7.88. The second kappa shape index (κ2) is 3.81. The van der Waals surface area contributed by atoms with E-state index in [2.05, 4.69) is 10.2 Å². The molecule has 0 saturated carbocycles. The summed E-state index contributed by atoms with van der Waals surface area (Å²) in [6, 6.07) is 0.247. The Labute approximate surface area is 81.4 Å². The van der Waals surface area contributed by atoms with Gasteiger partial charge >= 0.3 is 6.43 Å². The molecule has 80 valence electrons. The molecule has 0 aromatic carbocycles. The first-order chi connectivity index (χ1) is 6.68. The lowest BCUT2D eigenvalue weighted by molar-refractivity contribution is -0.132. The van der Waals surface area contributed by atoms with Crippen molar-refractivity contribution in [2.75, 3.05) is 13.1 Å². The fourth-order valence-corrected chi connectivity index (χ4v) is 2.50. The molecule has 2 rings (SSSR count). The molecule has 2 fully saturated rings. The molecule has 1 amide bonds. The fourth-order valence-electron chi connectivity index (χ4n) is 2.50. The van der Waals surface area contributed by atoms with Gasteiger partial charge in [-0.25, -0.2) is 0 Å². The van der Waals surface area contributed by atoms with Gasteiger partial charge < -0.3 is 5.32 Å². The quantitative estimate of drug-likeness (QED) is 0.714. The lowest BCUT2D eigenvalue weighted by Gasteiger charge is -2.20. The summed E-state index contributed by atoms with van der Waals surface area (Å²) in [6.45, 7) is 1.98. The Bertz CT molecular complexity index is 235. The van der Waals surface area contributed by atoms with Gasteiger partial charge in [0.1, 0.15) is 0 Å². The zero-order valence-corrected chi connectivity index (χ0v) is 7.88. The molecule has 14 heavy (non-hydrogen) atoms. The number of alkyl halides is 2. The Kier molecular flexibility index (Phi) is 2.67. The van der Waals surface area contributed by atoms with Gasteiger partial charge in [0.2, 0.25) is 0 Å². The minimum Gasteiger partial charge on any atom is -0.347 e. The van der Waals surface area contributed by atoms with Crippen LogP contribution < -0.4 is 5.32 Å². The average molecular weight is 204 g/mol. The molecule has 0 spiro atoms. The van der Waals surface area contributed by atoms with Crippen molar-refractivity contribution in [3.8, 4) is 0 Å². The summed E-state index contributed by atoms with van der Waals surface area (Å²) >= 11 is 0. The topological polar surface area (TPSA) is 32.3 Å². The summed E-state index contributed by atoms with van der Waals surface area (Å²) in [5.41, 5.74) is 0. The Balaban J connectivity index is 1.90. The Morgan fingerprint density at radius 2 is 2.14 bits per heavy atom. The number of nitrogens with zero attached hydrogens (tertiary/aromatic N) is 1. The monoisotopic (exact) mass is 204 g/mol. The zero-order chi connectivity index (χ0) is 10.1. The maximum Gasteiger partial charge on any atom is 0.315 e. The van der Waals surface area contributed by atoms with Crippen LogP contribution in [0.5, 0.6) is 0 Å². The van der Waals surface area contributed by atoms with Crippen molar-refractivity contribution < 1.29 is 13.6 Å². The van der Waals surface area contributed by atoms with Gasteiger partial charge in [-0.1, -0.05) is 0 Å². The van der Waals surface area contributed by atoms with Gasteiger partial charge in [0.05, 0.1) is 0 Å². The highest BCUT2D eigenvalue weighted by Gasteiger charge is 2.38. The van der Waals surface area contributed by atoms with Crippen LogP contribution in [0.4, 0.5) is 8.78 Å². The van der Waals surface area contributed by atoms with Gasteiger partial charge in [-0.2, -0.15) is 8.78 Å². The average Bonchev–Trinajstić information content (AvgIpc) is 2.69. The number of nitrogens with one attached hydrogen (secondary N) is 1. The Morgan fingerprint density at radius 3 is 2.86 bits per heavy atom. The highest BCUT2D eigenvalue weighted by molar-refractivity contribution is 5.79. The minimum absolute atomic E-state index is 0.0565. The van der Waals surface area contributed by atoms with E-state index in [0.29, 0.717) is 6.04 Å². The molecule has 2 heterocycles. The molecule has 3 nitrogen and oxygen atoms in total. The van der Waals surface area contributed by atoms with E-state index in [1.54, 1.807) is 0 Å². The van der Waals surface area contributed by atoms with E-state index in [1.807, 2.05) is 0 Å². The number of halogens is 2. The second-order valence-corrected chi connectivity index (χ2v) is 3.95. The van der Waals surface area contributed by atoms with Crippen LogP contribution in [0.1, 0.15) is 19.3 Å². The Hall–Kier alpha value is -0.710. The molecule has 1 N–H and O–H groups in total. The van der Waals surface area contributed by atoms with Gasteiger partial charge in [-0.3, -0.25) is 9.69 Å². The molecule has 2 aliphatic rings. The normalized spacial score (nSPS) is 32.2. The number of carbonyl (C=O) groups is 1. The molecule has 2 unspecified atom stereocenters. The SMILES string of the molecule is O=C(NC1CCN2CCCC12)C(F)F. The summed E-state index contributed by atoms with van der Waals surface area (Å²) in [6.07, 6.45) is 0.0636. The number of amides is 1. The first-order valence-corrected chi connectivity index (χ1v) is 5.01. The van der Waals surface area contributed by atoms with Gasteiger partial charge in [-0.15, -0.1) is 0 Å². The van der Waals surface area contributed by atoms with E-state index in [9.17, 15) is 13.6 Å². The highest BCUT2D eigenvalue weighted by Crippen LogP contribution is 2.27. The molecular formula is C9H14F2N2O. The van der Waals surface area contributed by atoms with Gasteiger partial charge in [0, 0.05) is 18.6 Å². The molecule has 0 radical (unpaired) electrons. The van der Waals surface area contributed by atoms with Crippen LogP contribution >= 0.6 is 0 Å². The number of rotatable bonds is 2. The van der Waals surface area contributed by atoms with Crippen molar-refractivity contribution in [3.63, 3.8) is 0 Å². The van der Waals surface area contributed by atoms with E-state index in [-0.39, 0.29) is 6.04 Å². The van der Waals surface area contributed by atoms with Gasteiger partial charge in [0.15, 0.2) is 0 Å². The van der Waals surface area contributed by atoms with Crippen molar-refractivity contribution >= 4 is 5.91 Å². The second-order valence-electron chi connectivity index (χ2n) is 3.95. The van der Waals surface area contributed by atoms with Gasteiger partial charge in [0.25, 0.3) is 5.91 Å². The van der Waals surface area contributed by atoms with Crippen molar-refractivity contribution in [1.82, 2.24) is 10.2 Å². The van der Waals surface area contributed by atoms with E-state index < -0.39 is 12.3 Å². The third-order valence-corrected chi connectivity index (χ3v) is 3.13. The molecular weight excluding hydrogens is 190 g/mol. The molecule has 0 aromatic rings. The number of carbonyl (C=O) groups excluding carboxylic acids is 1. The first kappa shape index (κ1) is 9.83. The standard InChI is InChI=1S/C9H14F2N2O/c10-8(11)9(14)12-6-3-5-13-4-1-2-7(6)13/h6-8H,1-5H2,(H,12,14). The molecule has 2 aliphatic heterocycles. The molecule has 0 bridgehead atoms. The van der Waals surface area contributed by atoms with E-state index in [4.69, 9.17) is 0 Å². The third kappa shape index (κ3) is 1.73. The van der Waals surface area contributed by atoms with Crippen LogP contribution in [0.25, 0.3) is 0 Å². The maximum atomic E-state index is 12.0. The van der Waals surface area contributed by atoms with Crippen LogP contribution in [0.3, 0.4) is 0 Å². The van der Waals surface area contributed by atoms with Crippen LogP contribution in [0, 0.1) is 0 Å². The number of hydrogen-bond acceptors (Lipinski definition) is 2. The predicted octanol–water partition coefficient (Wildman–Crippen LogP) is 0.604. The predicted molar refractivity (Wildman–Crippen MR) is 47.1 cm³/mol. The van der Waals surface area contributed by atoms with Crippen LogP contribution in [-0.2, 0) is 4.79 Å². The minimum atomic E-state index is -2.88.